The molecule has 2 aromatic rings. The first-order valence-electron chi connectivity index (χ1n) is 7.62. The summed E-state index contributed by atoms with van der Waals surface area (Å²) in [5, 5.41) is 14.1. The molecule has 21 heavy (non-hydrogen) atoms. The predicted octanol–water partition coefficient (Wildman–Crippen LogP) is 3.84. The third-order valence-electron chi connectivity index (χ3n) is 4.20. The zero-order valence-electron chi connectivity index (χ0n) is 12.6. The first-order valence-corrected chi connectivity index (χ1v) is 7.62. The number of rotatable bonds is 4. The van der Waals surface area contributed by atoms with Gasteiger partial charge in [-0.15, -0.1) is 0 Å². The molecule has 1 aromatic heterocycles. The summed E-state index contributed by atoms with van der Waals surface area (Å²) < 4.78 is 5.55. The van der Waals surface area contributed by atoms with Crippen molar-refractivity contribution in [2.24, 2.45) is 0 Å². The van der Waals surface area contributed by atoms with Crippen LogP contribution in [-0.4, -0.2) is 21.7 Å². The molecule has 0 bridgehead atoms. The number of aromatic hydroxyl groups is 1. The van der Waals surface area contributed by atoms with Crippen molar-refractivity contribution in [3.63, 3.8) is 0 Å². The van der Waals surface area contributed by atoms with E-state index in [0.717, 1.165) is 42.9 Å². The van der Waals surface area contributed by atoms with Gasteiger partial charge in [-0.3, -0.25) is 4.90 Å². The molecule has 0 amide bonds. The molecule has 0 unspecified atom stereocenters. The van der Waals surface area contributed by atoms with Crippen molar-refractivity contribution in [1.29, 1.82) is 0 Å². The van der Waals surface area contributed by atoms with Crippen LogP contribution in [0.1, 0.15) is 55.7 Å². The van der Waals surface area contributed by atoms with Crippen LogP contribution in [0.15, 0.2) is 34.9 Å². The summed E-state index contributed by atoms with van der Waals surface area (Å²) in [6, 6.07) is 9.89. The minimum Gasteiger partial charge on any atom is -0.508 e. The quantitative estimate of drug-likeness (QED) is 0.927. The highest BCUT2D eigenvalue weighted by Crippen LogP contribution is 2.35. The number of hydrogen-bond acceptors (Lipinski definition) is 4. The van der Waals surface area contributed by atoms with Crippen LogP contribution in [0.25, 0.3) is 0 Å². The van der Waals surface area contributed by atoms with Gasteiger partial charge in [0.2, 0.25) is 0 Å². The summed E-state index contributed by atoms with van der Waals surface area (Å²) in [5.41, 5.74) is 1.98. The summed E-state index contributed by atoms with van der Waals surface area (Å²) in [7, 11) is 0. The van der Waals surface area contributed by atoms with Crippen molar-refractivity contribution in [2.75, 3.05) is 6.54 Å². The second kappa shape index (κ2) is 5.90. The van der Waals surface area contributed by atoms with E-state index in [2.05, 4.69) is 30.0 Å². The number of phenolic OH excluding ortho intramolecular Hbond substituents is 1. The average molecular weight is 286 g/mol. The minimum absolute atomic E-state index is 0.268. The van der Waals surface area contributed by atoms with Gasteiger partial charge in [0, 0.05) is 18.2 Å². The molecule has 0 radical (unpaired) electrons. The monoisotopic (exact) mass is 286 g/mol. The molecule has 4 nitrogen and oxygen atoms in total. The first kappa shape index (κ1) is 14.1. The Balaban J connectivity index is 1.77. The molecule has 0 saturated carbocycles. The van der Waals surface area contributed by atoms with Gasteiger partial charge >= 0.3 is 0 Å². The Hall–Kier alpha value is -1.81. The zero-order chi connectivity index (χ0) is 14.8. The Morgan fingerprint density at radius 1 is 1.38 bits per heavy atom. The van der Waals surface area contributed by atoms with E-state index in [1.165, 1.54) is 0 Å². The fourth-order valence-electron chi connectivity index (χ4n) is 2.93. The Kier molecular flexibility index (Phi) is 3.97. The predicted molar refractivity (Wildman–Crippen MR) is 81.1 cm³/mol. The molecule has 1 atom stereocenters. The van der Waals surface area contributed by atoms with Crippen LogP contribution >= 0.6 is 0 Å². The summed E-state index contributed by atoms with van der Waals surface area (Å²) in [5.74, 6) is 1.70. The number of benzene rings is 1. The van der Waals surface area contributed by atoms with Gasteiger partial charge < -0.3 is 9.63 Å². The molecule has 1 aliphatic heterocycles. The largest absolute Gasteiger partial charge is 0.508 e. The number of likely N-dealkylation sites (tertiary alicyclic amines) is 1. The highest BCUT2D eigenvalue weighted by Gasteiger charge is 2.29. The molecule has 1 fully saturated rings. The Bertz CT molecular complexity index is 606. The standard InChI is InChI=1S/C17H22N2O2/c1-12(2)14-10-17(21-18-14)15-7-5-9-19(15)11-13-6-3-4-8-16(13)20/h3-4,6,8,10,12,15,20H,5,7,9,11H2,1-2H3/t15-/m0/s1. The van der Waals surface area contributed by atoms with Gasteiger partial charge in [0.05, 0.1) is 11.7 Å². The van der Waals surface area contributed by atoms with E-state index in [1.54, 1.807) is 6.07 Å². The highest BCUT2D eigenvalue weighted by atomic mass is 16.5. The van der Waals surface area contributed by atoms with Gasteiger partial charge in [0.1, 0.15) is 5.75 Å². The van der Waals surface area contributed by atoms with Crippen molar-refractivity contribution < 1.29 is 9.63 Å². The lowest BCUT2D eigenvalue weighted by molar-refractivity contribution is 0.204. The summed E-state index contributed by atoms with van der Waals surface area (Å²) in [6.45, 7) is 6.01. The van der Waals surface area contributed by atoms with E-state index in [-0.39, 0.29) is 6.04 Å². The summed E-state index contributed by atoms with van der Waals surface area (Å²) in [4.78, 5) is 2.36. The zero-order valence-corrected chi connectivity index (χ0v) is 12.6. The SMILES string of the molecule is CC(C)c1cc([C@@H]2CCCN2Cc2ccccc2O)on1. The van der Waals surface area contributed by atoms with Crippen LogP contribution in [0, 0.1) is 0 Å². The molecule has 1 aromatic carbocycles. The fourth-order valence-corrected chi connectivity index (χ4v) is 2.93. The molecular weight excluding hydrogens is 264 g/mol. The van der Waals surface area contributed by atoms with E-state index < -0.39 is 0 Å². The lowest BCUT2D eigenvalue weighted by Crippen LogP contribution is -2.22. The molecule has 1 N–H and O–H groups in total. The molecule has 2 heterocycles. The van der Waals surface area contributed by atoms with Gasteiger partial charge in [0.25, 0.3) is 0 Å². The molecule has 0 aliphatic carbocycles. The van der Waals surface area contributed by atoms with E-state index in [4.69, 9.17) is 4.52 Å². The molecule has 112 valence electrons. The Labute approximate surface area is 125 Å². The lowest BCUT2D eigenvalue weighted by Gasteiger charge is -2.22. The maximum Gasteiger partial charge on any atom is 0.154 e. The second-order valence-corrected chi connectivity index (χ2v) is 6.07. The maximum atomic E-state index is 9.94. The third kappa shape index (κ3) is 2.95. The van der Waals surface area contributed by atoms with Gasteiger partial charge in [-0.05, 0) is 31.4 Å². The Morgan fingerprint density at radius 3 is 2.90 bits per heavy atom. The lowest BCUT2D eigenvalue weighted by atomic mass is 10.1. The van der Waals surface area contributed by atoms with E-state index in [9.17, 15) is 5.11 Å². The van der Waals surface area contributed by atoms with Gasteiger partial charge in [-0.25, -0.2) is 0 Å². The second-order valence-electron chi connectivity index (χ2n) is 6.07. The highest BCUT2D eigenvalue weighted by molar-refractivity contribution is 5.32. The van der Waals surface area contributed by atoms with Crippen molar-refractivity contribution in [3.05, 3.63) is 47.3 Å². The molecule has 4 heteroatoms. The number of phenols is 1. The molecule has 0 spiro atoms. The van der Waals surface area contributed by atoms with E-state index in [1.807, 2.05) is 18.2 Å². The van der Waals surface area contributed by atoms with Gasteiger partial charge in [-0.1, -0.05) is 37.2 Å². The summed E-state index contributed by atoms with van der Waals surface area (Å²) in [6.07, 6.45) is 2.23. The molecule has 3 rings (SSSR count). The van der Waals surface area contributed by atoms with Crippen molar-refractivity contribution in [2.45, 2.75) is 45.2 Å². The average Bonchev–Trinajstić information content (AvgIpc) is 3.09. The third-order valence-corrected chi connectivity index (χ3v) is 4.20. The number of aromatic nitrogens is 1. The van der Waals surface area contributed by atoms with Crippen LogP contribution in [0.4, 0.5) is 0 Å². The topological polar surface area (TPSA) is 49.5 Å². The van der Waals surface area contributed by atoms with Crippen LogP contribution in [0.5, 0.6) is 5.75 Å². The van der Waals surface area contributed by atoms with Gasteiger partial charge in [0.15, 0.2) is 5.76 Å². The van der Waals surface area contributed by atoms with Crippen LogP contribution in [-0.2, 0) is 6.54 Å². The smallest absolute Gasteiger partial charge is 0.154 e. The van der Waals surface area contributed by atoms with Crippen LogP contribution in [0.2, 0.25) is 0 Å². The van der Waals surface area contributed by atoms with Crippen molar-refractivity contribution >= 4 is 0 Å². The molecule has 1 saturated heterocycles. The van der Waals surface area contributed by atoms with Crippen molar-refractivity contribution in [1.82, 2.24) is 10.1 Å². The number of nitrogens with zero attached hydrogens (tertiary/aromatic N) is 2. The normalized spacial score (nSPS) is 19.5. The van der Waals surface area contributed by atoms with E-state index in [0.29, 0.717) is 11.7 Å². The van der Waals surface area contributed by atoms with E-state index >= 15 is 0 Å². The molecular formula is C17H22N2O2. The Morgan fingerprint density at radius 2 is 2.19 bits per heavy atom. The fraction of sp³-hybridized carbons (Fsp3) is 0.471. The molecule has 1 aliphatic rings. The number of para-hydroxylation sites is 1. The summed E-state index contributed by atoms with van der Waals surface area (Å²) >= 11 is 0. The van der Waals surface area contributed by atoms with Gasteiger partial charge in [-0.2, -0.15) is 0 Å². The van der Waals surface area contributed by atoms with Crippen LogP contribution in [0.3, 0.4) is 0 Å². The minimum atomic E-state index is 0.268. The van der Waals surface area contributed by atoms with Crippen molar-refractivity contribution in [3.8, 4) is 5.75 Å². The maximum absolute atomic E-state index is 9.94. The number of hydrogen-bond donors (Lipinski definition) is 1. The first-order chi connectivity index (χ1) is 10.1. The van der Waals surface area contributed by atoms with Crippen LogP contribution < -0.4 is 0 Å².